The predicted molar refractivity (Wildman–Crippen MR) is 128 cm³/mol. The highest BCUT2D eigenvalue weighted by Gasteiger charge is 2.26. The largest absolute Gasteiger partial charge is 0.471 e. The van der Waals surface area contributed by atoms with Gasteiger partial charge in [-0.1, -0.05) is 18.0 Å². The van der Waals surface area contributed by atoms with Crippen LogP contribution in [0.1, 0.15) is 25.7 Å². The minimum atomic E-state index is -4.19. The second kappa shape index (κ2) is 9.40. The molecule has 12 heteroatoms. The second-order valence-corrected chi connectivity index (χ2v) is 10.3. The molecule has 0 radical (unpaired) electrons. The minimum absolute atomic E-state index is 0.104. The van der Waals surface area contributed by atoms with Crippen LogP contribution in [0.5, 0.6) is 5.88 Å². The Hall–Kier alpha value is -3.28. The van der Waals surface area contributed by atoms with E-state index in [1.807, 2.05) is 0 Å². The molecule has 3 N–H and O–H groups in total. The van der Waals surface area contributed by atoms with Gasteiger partial charge in [-0.05, 0) is 61.7 Å². The molecule has 0 aliphatic heterocycles. The fraction of sp³-hybridized carbons (Fsp3) is 0.261. The topological polar surface area (TPSA) is 130 Å². The Balaban J connectivity index is 1.41. The molecule has 2 atom stereocenters. The number of aliphatic hydroxyl groups is 1. The predicted octanol–water partition coefficient (Wildman–Crippen LogP) is 4.30. The molecular weight excluding hydrogens is 497 g/mol. The van der Waals surface area contributed by atoms with E-state index in [1.54, 1.807) is 18.3 Å². The maximum Gasteiger partial charge on any atom is 0.264 e. The van der Waals surface area contributed by atoms with Gasteiger partial charge < -0.3 is 9.84 Å². The Kier molecular flexibility index (Phi) is 6.30. The highest BCUT2D eigenvalue weighted by Crippen LogP contribution is 2.30. The molecule has 2 aromatic heterocycles. The van der Waals surface area contributed by atoms with Gasteiger partial charge in [0.15, 0.2) is 11.5 Å². The van der Waals surface area contributed by atoms with E-state index in [-0.39, 0.29) is 16.8 Å². The van der Waals surface area contributed by atoms with E-state index in [2.05, 4.69) is 24.9 Å². The summed E-state index contributed by atoms with van der Waals surface area (Å²) in [6.07, 6.45) is 3.95. The number of nitrogens with one attached hydrogen (secondary N) is 2. The lowest BCUT2D eigenvalue weighted by molar-refractivity contribution is 0.00541. The van der Waals surface area contributed by atoms with Gasteiger partial charge in [0.2, 0.25) is 5.88 Å². The third kappa shape index (κ3) is 4.93. The van der Waals surface area contributed by atoms with Gasteiger partial charge in [-0.15, -0.1) is 0 Å². The zero-order chi connectivity index (χ0) is 24.6. The van der Waals surface area contributed by atoms with E-state index in [0.29, 0.717) is 34.7 Å². The van der Waals surface area contributed by atoms with E-state index < -0.39 is 26.8 Å². The maximum atomic E-state index is 14.1. The van der Waals surface area contributed by atoms with Gasteiger partial charge in [-0.25, -0.2) is 17.8 Å². The van der Waals surface area contributed by atoms with E-state index >= 15 is 0 Å². The Bertz CT molecular complexity index is 1480. The van der Waals surface area contributed by atoms with Crippen LogP contribution in [0.3, 0.4) is 0 Å². The number of hydrogen-bond acceptors (Lipinski definition) is 7. The summed E-state index contributed by atoms with van der Waals surface area (Å²) in [4.78, 5) is 8.47. The molecule has 2 aromatic carbocycles. The molecule has 0 unspecified atom stereocenters. The van der Waals surface area contributed by atoms with E-state index in [1.165, 1.54) is 18.2 Å². The molecule has 182 valence electrons. The first-order valence-corrected chi connectivity index (χ1v) is 12.8. The molecule has 1 saturated carbocycles. The van der Waals surface area contributed by atoms with Crippen molar-refractivity contribution in [3.8, 4) is 17.3 Å². The van der Waals surface area contributed by atoms with Crippen LogP contribution in [0.15, 0.2) is 53.6 Å². The number of rotatable bonds is 6. The van der Waals surface area contributed by atoms with Crippen LogP contribution in [0.4, 0.5) is 10.1 Å². The summed E-state index contributed by atoms with van der Waals surface area (Å²) >= 11 is 5.83. The van der Waals surface area contributed by atoms with Crippen molar-refractivity contribution in [2.45, 2.75) is 42.8 Å². The third-order valence-electron chi connectivity index (χ3n) is 5.78. The van der Waals surface area contributed by atoms with Crippen LogP contribution in [0.25, 0.3) is 22.4 Å². The summed E-state index contributed by atoms with van der Waals surface area (Å²) in [5, 5.41) is 17.8. The molecule has 35 heavy (non-hydrogen) atoms. The molecule has 1 aliphatic rings. The Morgan fingerprint density at radius 1 is 1.11 bits per heavy atom. The molecule has 5 rings (SSSR count). The van der Waals surface area contributed by atoms with Crippen molar-refractivity contribution in [3.05, 3.63) is 59.5 Å². The number of ether oxygens (including phenoxy) is 1. The lowest BCUT2D eigenvalue weighted by Crippen LogP contribution is -2.34. The first kappa shape index (κ1) is 23.5. The summed E-state index contributed by atoms with van der Waals surface area (Å²) in [6.45, 7) is 0. The van der Waals surface area contributed by atoms with Gasteiger partial charge >= 0.3 is 0 Å². The van der Waals surface area contributed by atoms with Crippen molar-refractivity contribution < 1.29 is 22.7 Å². The summed E-state index contributed by atoms with van der Waals surface area (Å²) in [5.41, 5.74) is 1.28. The summed E-state index contributed by atoms with van der Waals surface area (Å²) in [5.74, 6) is -0.265. The number of hydrogen-bond donors (Lipinski definition) is 3. The summed E-state index contributed by atoms with van der Waals surface area (Å²) < 4.78 is 47.7. The number of sulfonamides is 1. The van der Waals surface area contributed by atoms with Gasteiger partial charge in [0.1, 0.15) is 22.2 Å². The smallest absolute Gasteiger partial charge is 0.264 e. The Morgan fingerprint density at radius 2 is 1.89 bits per heavy atom. The van der Waals surface area contributed by atoms with Gasteiger partial charge in [0, 0.05) is 16.3 Å². The molecule has 0 saturated heterocycles. The fourth-order valence-corrected chi connectivity index (χ4v) is 5.37. The lowest BCUT2D eigenvalue weighted by atomic mass is 9.95. The second-order valence-electron chi connectivity index (χ2n) is 8.25. The highest BCUT2D eigenvalue weighted by molar-refractivity contribution is 7.92. The van der Waals surface area contributed by atoms with Crippen molar-refractivity contribution in [1.82, 2.24) is 20.2 Å². The van der Waals surface area contributed by atoms with Crippen molar-refractivity contribution >= 4 is 38.3 Å². The monoisotopic (exact) mass is 517 g/mol. The van der Waals surface area contributed by atoms with E-state index in [0.717, 1.165) is 31.4 Å². The van der Waals surface area contributed by atoms with E-state index in [9.17, 15) is 17.9 Å². The zero-order valence-electron chi connectivity index (χ0n) is 18.3. The number of halogens is 2. The molecule has 1 fully saturated rings. The summed E-state index contributed by atoms with van der Waals surface area (Å²) in [7, 11) is -4.19. The van der Waals surface area contributed by atoms with Gasteiger partial charge in [-0.3, -0.25) is 9.82 Å². The SMILES string of the molecule is O=S(=O)(Nc1ccc(-c2nc(O[C@@H]3CCCC[C@@H]3O)c3cn[nH]c3n2)cc1)c1cc(Cl)ccc1F. The average molecular weight is 518 g/mol. The van der Waals surface area contributed by atoms with Crippen molar-refractivity contribution in [3.63, 3.8) is 0 Å². The van der Waals surface area contributed by atoms with Crippen LogP contribution < -0.4 is 9.46 Å². The van der Waals surface area contributed by atoms with Gasteiger partial charge in [-0.2, -0.15) is 10.1 Å². The van der Waals surface area contributed by atoms with Crippen LogP contribution in [0, 0.1) is 5.82 Å². The maximum absolute atomic E-state index is 14.1. The van der Waals surface area contributed by atoms with Crippen LogP contribution >= 0.6 is 11.6 Å². The average Bonchev–Trinajstić information content (AvgIpc) is 3.31. The van der Waals surface area contributed by atoms with E-state index in [4.69, 9.17) is 16.3 Å². The number of benzene rings is 2. The van der Waals surface area contributed by atoms with Crippen molar-refractivity contribution in [2.24, 2.45) is 0 Å². The van der Waals surface area contributed by atoms with Gasteiger partial charge in [0.05, 0.1) is 12.3 Å². The minimum Gasteiger partial charge on any atom is -0.471 e. The Labute approximate surface area is 205 Å². The lowest BCUT2D eigenvalue weighted by Gasteiger charge is -2.27. The molecule has 4 aromatic rings. The van der Waals surface area contributed by atoms with Crippen molar-refractivity contribution in [1.29, 1.82) is 0 Å². The number of aliphatic hydroxyl groups excluding tert-OH is 1. The molecule has 0 amide bonds. The standard InChI is InChI=1S/C23H21ClFN5O4S/c24-14-7-10-17(25)20(11-14)35(32,33)30-15-8-5-13(6-9-15)21-27-22-16(12-26-29-22)23(28-21)34-19-4-2-1-3-18(19)31/h5-12,18-19,30-31H,1-4H2,(H,26,27,28,29)/t18-,19+/m0/s1. The first-order chi connectivity index (χ1) is 16.8. The number of H-pyrrole nitrogens is 1. The quantitative estimate of drug-likeness (QED) is 0.347. The van der Waals surface area contributed by atoms with Gasteiger partial charge in [0.25, 0.3) is 10.0 Å². The van der Waals surface area contributed by atoms with Crippen LogP contribution in [-0.4, -0.2) is 45.9 Å². The van der Waals surface area contributed by atoms with Crippen LogP contribution in [-0.2, 0) is 10.0 Å². The fourth-order valence-electron chi connectivity index (χ4n) is 3.97. The molecule has 0 spiro atoms. The molecule has 9 nitrogen and oxygen atoms in total. The summed E-state index contributed by atoms with van der Waals surface area (Å²) in [6, 6.07) is 9.60. The number of anilines is 1. The molecule has 0 bridgehead atoms. The molecule has 2 heterocycles. The number of aromatic nitrogens is 4. The Morgan fingerprint density at radius 3 is 2.66 bits per heavy atom. The van der Waals surface area contributed by atoms with Crippen molar-refractivity contribution in [2.75, 3.05) is 4.72 Å². The normalized spacial score (nSPS) is 18.5. The highest BCUT2D eigenvalue weighted by atomic mass is 35.5. The first-order valence-electron chi connectivity index (χ1n) is 10.9. The number of nitrogens with zero attached hydrogens (tertiary/aromatic N) is 3. The number of aromatic amines is 1. The van der Waals surface area contributed by atoms with Crippen LogP contribution in [0.2, 0.25) is 5.02 Å². The number of fused-ring (bicyclic) bond motifs is 1. The molecule has 1 aliphatic carbocycles. The molecular formula is C23H21ClFN5O4S. The zero-order valence-corrected chi connectivity index (χ0v) is 19.9. The third-order valence-corrected chi connectivity index (χ3v) is 7.41.